The van der Waals surface area contributed by atoms with E-state index < -0.39 is 12.0 Å². The molecule has 1 fully saturated rings. The number of hydrogen-bond acceptors (Lipinski definition) is 2. The van der Waals surface area contributed by atoms with E-state index in [0.717, 1.165) is 32.2 Å². The van der Waals surface area contributed by atoms with Gasteiger partial charge >= 0.3 is 5.97 Å². The SMILES string of the molecule is CCC1CCCCN1C(C(=O)O)c1ccc(F)cc1. The minimum absolute atomic E-state index is 0.305. The first kappa shape index (κ1) is 14.0. The van der Waals surface area contributed by atoms with E-state index in [9.17, 15) is 14.3 Å². The van der Waals surface area contributed by atoms with Gasteiger partial charge in [0.2, 0.25) is 0 Å². The summed E-state index contributed by atoms with van der Waals surface area (Å²) in [5, 5.41) is 9.53. The van der Waals surface area contributed by atoms with Crippen LogP contribution in [0, 0.1) is 5.82 Å². The second kappa shape index (κ2) is 6.15. The van der Waals surface area contributed by atoms with Crippen molar-refractivity contribution in [3.8, 4) is 0 Å². The average molecular weight is 265 g/mol. The first-order valence-electron chi connectivity index (χ1n) is 6.87. The van der Waals surface area contributed by atoms with Gasteiger partial charge in [-0.25, -0.2) is 4.39 Å². The fourth-order valence-corrected chi connectivity index (χ4v) is 2.92. The second-order valence-corrected chi connectivity index (χ2v) is 5.09. The Morgan fingerprint density at radius 2 is 2.11 bits per heavy atom. The van der Waals surface area contributed by atoms with E-state index in [-0.39, 0.29) is 5.82 Å². The van der Waals surface area contributed by atoms with E-state index in [4.69, 9.17) is 0 Å². The largest absolute Gasteiger partial charge is 0.480 e. The topological polar surface area (TPSA) is 40.5 Å². The van der Waals surface area contributed by atoms with Gasteiger partial charge in [-0.05, 0) is 43.5 Å². The zero-order valence-corrected chi connectivity index (χ0v) is 11.2. The average Bonchev–Trinajstić information content (AvgIpc) is 2.41. The summed E-state index contributed by atoms with van der Waals surface area (Å²) >= 11 is 0. The molecule has 1 saturated heterocycles. The number of carboxylic acids is 1. The Bertz CT molecular complexity index is 432. The minimum Gasteiger partial charge on any atom is -0.480 e. The highest BCUT2D eigenvalue weighted by Gasteiger charge is 2.33. The molecule has 1 aromatic rings. The number of piperidine rings is 1. The molecule has 19 heavy (non-hydrogen) atoms. The lowest BCUT2D eigenvalue weighted by Crippen LogP contribution is -2.44. The van der Waals surface area contributed by atoms with Gasteiger partial charge in [0, 0.05) is 6.04 Å². The van der Waals surface area contributed by atoms with E-state index in [1.165, 1.54) is 12.1 Å². The van der Waals surface area contributed by atoms with Crippen LogP contribution in [0.15, 0.2) is 24.3 Å². The van der Waals surface area contributed by atoms with Crippen molar-refractivity contribution in [1.82, 2.24) is 4.90 Å². The van der Waals surface area contributed by atoms with Crippen LogP contribution in [-0.2, 0) is 4.79 Å². The molecule has 1 N–H and O–H groups in total. The molecule has 0 aromatic heterocycles. The Hall–Kier alpha value is -1.42. The fraction of sp³-hybridized carbons (Fsp3) is 0.533. The first-order chi connectivity index (χ1) is 9.13. The Labute approximate surface area is 113 Å². The number of halogens is 1. The van der Waals surface area contributed by atoms with Crippen LogP contribution < -0.4 is 0 Å². The maximum atomic E-state index is 13.0. The normalized spacial score (nSPS) is 22.1. The molecule has 2 rings (SSSR count). The highest BCUT2D eigenvalue weighted by atomic mass is 19.1. The van der Waals surface area contributed by atoms with Crippen molar-refractivity contribution in [3.63, 3.8) is 0 Å². The molecule has 1 aliphatic rings. The van der Waals surface area contributed by atoms with Crippen LogP contribution in [0.4, 0.5) is 4.39 Å². The van der Waals surface area contributed by atoms with E-state index in [1.807, 2.05) is 0 Å². The lowest BCUT2D eigenvalue weighted by molar-refractivity contribution is -0.145. The van der Waals surface area contributed by atoms with Crippen molar-refractivity contribution in [2.75, 3.05) is 6.54 Å². The van der Waals surface area contributed by atoms with Gasteiger partial charge in [0.25, 0.3) is 0 Å². The lowest BCUT2D eigenvalue weighted by atomic mass is 9.95. The van der Waals surface area contributed by atoms with Gasteiger partial charge in [0.15, 0.2) is 0 Å². The van der Waals surface area contributed by atoms with Gasteiger partial charge in [-0.15, -0.1) is 0 Å². The highest BCUT2D eigenvalue weighted by Crippen LogP contribution is 2.30. The van der Waals surface area contributed by atoms with Gasteiger partial charge in [-0.1, -0.05) is 25.5 Å². The van der Waals surface area contributed by atoms with Crippen LogP contribution in [0.3, 0.4) is 0 Å². The number of carbonyl (C=O) groups is 1. The zero-order chi connectivity index (χ0) is 13.8. The van der Waals surface area contributed by atoms with Gasteiger partial charge in [-0.3, -0.25) is 9.69 Å². The maximum Gasteiger partial charge on any atom is 0.325 e. The van der Waals surface area contributed by atoms with Crippen LogP contribution >= 0.6 is 0 Å². The maximum absolute atomic E-state index is 13.0. The summed E-state index contributed by atoms with van der Waals surface area (Å²) in [7, 11) is 0. The molecule has 0 aliphatic carbocycles. The molecule has 0 amide bonds. The predicted molar refractivity (Wildman–Crippen MR) is 71.4 cm³/mol. The molecule has 1 heterocycles. The molecule has 2 atom stereocenters. The van der Waals surface area contributed by atoms with Crippen LogP contribution in [0.5, 0.6) is 0 Å². The third-order valence-corrected chi connectivity index (χ3v) is 3.90. The molecule has 104 valence electrons. The molecule has 2 unspecified atom stereocenters. The van der Waals surface area contributed by atoms with Crippen LogP contribution in [-0.4, -0.2) is 28.6 Å². The number of likely N-dealkylation sites (tertiary alicyclic amines) is 1. The molecule has 0 radical (unpaired) electrons. The molecule has 0 spiro atoms. The summed E-state index contributed by atoms with van der Waals surface area (Å²) < 4.78 is 13.0. The van der Waals surface area contributed by atoms with Crippen molar-refractivity contribution in [2.24, 2.45) is 0 Å². The van der Waals surface area contributed by atoms with E-state index >= 15 is 0 Å². The van der Waals surface area contributed by atoms with E-state index in [1.54, 1.807) is 12.1 Å². The molecular weight excluding hydrogens is 245 g/mol. The van der Waals surface area contributed by atoms with Crippen molar-refractivity contribution >= 4 is 5.97 Å². The summed E-state index contributed by atoms with van der Waals surface area (Å²) in [6, 6.07) is 5.46. The molecule has 4 heteroatoms. The van der Waals surface area contributed by atoms with Crippen molar-refractivity contribution < 1.29 is 14.3 Å². The Kier molecular flexibility index (Phi) is 4.53. The number of hydrogen-bond donors (Lipinski definition) is 1. The summed E-state index contributed by atoms with van der Waals surface area (Å²) in [6.45, 7) is 2.89. The summed E-state index contributed by atoms with van der Waals surface area (Å²) in [4.78, 5) is 13.7. The number of aliphatic carboxylic acids is 1. The number of benzene rings is 1. The van der Waals surface area contributed by atoms with Crippen LogP contribution in [0.1, 0.15) is 44.2 Å². The second-order valence-electron chi connectivity index (χ2n) is 5.09. The summed E-state index contributed by atoms with van der Waals surface area (Å²) in [6.07, 6.45) is 4.18. The molecule has 3 nitrogen and oxygen atoms in total. The monoisotopic (exact) mass is 265 g/mol. The Morgan fingerprint density at radius 3 is 2.68 bits per heavy atom. The van der Waals surface area contributed by atoms with Crippen LogP contribution in [0.2, 0.25) is 0 Å². The number of nitrogens with zero attached hydrogens (tertiary/aromatic N) is 1. The molecule has 1 aromatic carbocycles. The van der Waals surface area contributed by atoms with Gasteiger partial charge in [0.1, 0.15) is 11.9 Å². The van der Waals surface area contributed by atoms with Crippen molar-refractivity contribution in [2.45, 2.75) is 44.7 Å². The minimum atomic E-state index is -0.855. The molecule has 0 bridgehead atoms. The van der Waals surface area contributed by atoms with Gasteiger partial charge in [-0.2, -0.15) is 0 Å². The standard InChI is InChI=1S/C15H20FNO2/c1-2-13-5-3-4-10-17(13)14(15(18)19)11-6-8-12(16)9-7-11/h6-9,13-14H,2-5,10H2,1H3,(H,18,19). The fourth-order valence-electron chi connectivity index (χ4n) is 2.92. The summed E-state index contributed by atoms with van der Waals surface area (Å²) in [5.74, 6) is -1.19. The number of carboxylic acid groups (broad SMARTS) is 1. The van der Waals surface area contributed by atoms with Crippen molar-refractivity contribution in [3.05, 3.63) is 35.6 Å². The quantitative estimate of drug-likeness (QED) is 0.908. The molecule has 0 saturated carbocycles. The third kappa shape index (κ3) is 3.13. The zero-order valence-electron chi connectivity index (χ0n) is 11.2. The number of rotatable bonds is 4. The van der Waals surface area contributed by atoms with Crippen LogP contribution in [0.25, 0.3) is 0 Å². The first-order valence-corrected chi connectivity index (χ1v) is 6.87. The Balaban J connectivity index is 2.28. The van der Waals surface area contributed by atoms with Gasteiger partial charge < -0.3 is 5.11 Å². The predicted octanol–water partition coefficient (Wildman–Crippen LogP) is 3.22. The third-order valence-electron chi connectivity index (χ3n) is 3.90. The molecule has 1 aliphatic heterocycles. The molecular formula is C15H20FNO2. The van der Waals surface area contributed by atoms with Crippen molar-refractivity contribution in [1.29, 1.82) is 0 Å². The lowest BCUT2D eigenvalue weighted by Gasteiger charge is -2.39. The van der Waals surface area contributed by atoms with E-state index in [0.29, 0.717) is 11.6 Å². The van der Waals surface area contributed by atoms with E-state index in [2.05, 4.69) is 11.8 Å². The van der Waals surface area contributed by atoms with Gasteiger partial charge in [0.05, 0.1) is 0 Å². The smallest absolute Gasteiger partial charge is 0.325 e. The Morgan fingerprint density at radius 1 is 1.42 bits per heavy atom. The highest BCUT2D eigenvalue weighted by molar-refractivity contribution is 5.75. The summed E-state index contributed by atoms with van der Waals surface area (Å²) in [5.41, 5.74) is 0.661.